The zero-order chi connectivity index (χ0) is 22.5. The largest absolute Gasteiger partial charge is 0.496 e. The molecular weight excluding hydrogens is 402 g/mol. The number of ketones is 1. The van der Waals surface area contributed by atoms with Gasteiger partial charge >= 0.3 is 0 Å². The van der Waals surface area contributed by atoms with Crippen molar-refractivity contribution in [2.45, 2.75) is 19.8 Å². The van der Waals surface area contributed by atoms with Crippen LogP contribution in [0.5, 0.6) is 17.2 Å². The molecule has 0 aliphatic heterocycles. The maximum Gasteiger partial charge on any atom is 0.170 e. The average molecular weight is 425 g/mol. The van der Waals surface area contributed by atoms with E-state index in [0.717, 1.165) is 23.2 Å². The molecule has 0 saturated heterocycles. The molecule has 0 unspecified atom stereocenters. The van der Waals surface area contributed by atoms with Gasteiger partial charge in [-0.2, -0.15) is 0 Å². The van der Waals surface area contributed by atoms with E-state index in [4.69, 9.17) is 14.5 Å². The Morgan fingerprint density at radius 2 is 1.91 bits per heavy atom. The van der Waals surface area contributed by atoms with Crippen molar-refractivity contribution in [2.24, 2.45) is 0 Å². The summed E-state index contributed by atoms with van der Waals surface area (Å²) < 4.78 is 11.8. The molecule has 0 fully saturated rings. The minimum absolute atomic E-state index is 0.0799. The third kappa shape index (κ3) is 4.21. The third-order valence-electron chi connectivity index (χ3n) is 5.06. The van der Waals surface area contributed by atoms with E-state index < -0.39 is 0 Å². The highest BCUT2D eigenvalue weighted by Gasteiger charge is 2.17. The molecule has 0 saturated carbocycles. The van der Waals surface area contributed by atoms with Crippen molar-refractivity contribution in [3.05, 3.63) is 84.8 Å². The highest BCUT2D eigenvalue weighted by atomic mass is 16.5. The molecule has 0 amide bonds. The summed E-state index contributed by atoms with van der Waals surface area (Å²) in [6, 6.07) is 14.8. The molecule has 1 aromatic carbocycles. The topological polar surface area (TPSA) is 74.2 Å². The van der Waals surface area contributed by atoms with E-state index in [1.165, 1.54) is 7.11 Å². The number of rotatable bonds is 8. The summed E-state index contributed by atoms with van der Waals surface area (Å²) >= 11 is 0. The lowest BCUT2D eigenvalue weighted by Gasteiger charge is -2.14. The number of Topliss-reactive ketones (excluding diaryl/α,β-unsaturated/α-hetero) is 1. The number of allylic oxidation sites excluding steroid dienone is 1. The Kier molecular flexibility index (Phi) is 6.22. The van der Waals surface area contributed by atoms with Crippen LogP contribution in [-0.2, 0) is 6.42 Å². The summed E-state index contributed by atoms with van der Waals surface area (Å²) in [5.41, 5.74) is 3.44. The van der Waals surface area contributed by atoms with E-state index >= 15 is 0 Å². The lowest BCUT2D eigenvalue weighted by atomic mass is 10.0. The number of benzene rings is 1. The first-order valence-electron chi connectivity index (χ1n) is 10.3. The zero-order valence-electron chi connectivity index (χ0n) is 18.0. The third-order valence-corrected chi connectivity index (χ3v) is 5.06. The quantitative estimate of drug-likeness (QED) is 0.262. The van der Waals surface area contributed by atoms with Gasteiger partial charge in [0.05, 0.1) is 23.9 Å². The number of hydrogen-bond acceptors (Lipinski definition) is 6. The maximum atomic E-state index is 12.5. The first kappa shape index (κ1) is 21.2. The SMILES string of the molecule is C=CCC(=O)c1cc2nccc(Oc3ccc(CC)nc3-c3ccccn3)c2cc1OC. The number of carbonyl (C=O) groups excluding carboxylic acids is 1. The second kappa shape index (κ2) is 9.39. The molecule has 0 aliphatic rings. The molecule has 3 aromatic heterocycles. The zero-order valence-corrected chi connectivity index (χ0v) is 18.0. The van der Waals surface area contributed by atoms with Gasteiger partial charge in [-0.05, 0) is 48.9 Å². The highest BCUT2D eigenvalue weighted by molar-refractivity contribution is 6.03. The van der Waals surface area contributed by atoms with Gasteiger partial charge in [0, 0.05) is 29.9 Å². The number of aryl methyl sites for hydroxylation is 1. The number of carbonyl (C=O) groups is 1. The summed E-state index contributed by atoms with van der Waals surface area (Å²) in [5, 5.41) is 0.728. The van der Waals surface area contributed by atoms with E-state index in [1.54, 1.807) is 36.7 Å². The Hall–Kier alpha value is -4.06. The molecular formula is C26H23N3O3. The standard InChI is InChI=1S/C26H23N3O3/c1-4-8-22(30)19-15-21-18(16-25(19)31-3)23(12-14-28-21)32-24-11-10-17(5-2)29-26(24)20-9-6-7-13-27-20/h4,6-7,9-16H,1,5,8H2,2-3H3. The number of aromatic nitrogens is 3. The van der Waals surface area contributed by atoms with E-state index in [9.17, 15) is 4.79 Å². The number of hydrogen-bond donors (Lipinski definition) is 0. The first-order chi connectivity index (χ1) is 15.6. The molecule has 32 heavy (non-hydrogen) atoms. The molecule has 3 heterocycles. The second-order valence-corrected chi connectivity index (χ2v) is 7.11. The van der Waals surface area contributed by atoms with Crippen molar-refractivity contribution < 1.29 is 14.3 Å². The van der Waals surface area contributed by atoms with Crippen molar-refractivity contribution in [2.75, 3.05) is 7.11 Å². The molecule has 0 radical (unpaired) electrons. The van der Waals surface area contributed by atoms with Crippen LogP contribution in [0.25, 0.3) is 22.3 Å². The molecule has 160 valence electrons. The Bertz CT molecular complexity index is 1290. The Labute approximate surface area is 186 Å². The van der Waals surface area contributed by atoms with Crippen molar-refractivity contribution in [1.82, 2.24) is 15.0 Å². The highest BCUT2D eigenvalue weighted by Crippen LogP contribution is 2.36. The molecule has 4 aromatic rings. The molecule has 6 heteroatoms. The van der Waals surface area contributed by atoms with Crippen LogP contribution in [0, 0.1) is 0 Å². The van der Waals surface area contributed by atoms with E-state index in [1.807, 2.05) is 30.3 Å². The first-order valence-corrected chi connectivity index (χ1v) is 10.3. The van der Waals surface area contributed by atoms with Crippen molar-refractivity contribution in [3.8, 4) is 28.6 Å². The summed E-state index contributed by atoms with van der Waals surface area (Å²) in [7, 11) is 1.54. The van der Waals surface area contributed by atoms with Gasteiger partial charge in [0.25, 0.3) is 0 Å². The van der Waals surface area contributed by atoms with Crippen LogP contribution in [0.4, 0.5) is 0 Å². The normalized spacial score (nSPS) is 10.7. The van der Waals surface area contributed by atoms with Gasteiger partial charge in [-0.1, -0.05) is 19.1 Å². The Morgan fingerprint density at radius 3 is 2.62 bits per heavy atom. The van der Waals surface area contributed by atoms with Crippen molar-refractivity contribution in [1.29, 1.82) is 0 Å². The fourth-order valence-electron chi connectivity index (χ4n) is 3.44. The van der Waals surface area contributed by atoms with Gasteiger partial charge in [-0.15, -0.1) is 6.58 Å². The van der Waals surface area contributed by atoms with Crippen LogP contribution in [0.1, 0.15) is 29.4 Å². The average Bonchev–Trinajstić information content (AvgIpc) is 2.84. The van der Waals surface area contributed by atoms with E-state index in [-0.39, 0.29) is 12.2 Å². The predicted octanol–water partition coefficient (Wildman–Crippen LogP) is 5.81. The van der Waals surface area contributed by atoms with E-state index in [2.05, 4.69) is 23.5 Å². The van der Waals surface area contributed by atoms with Crippen LogP contribution in [-0.4, -0.2) is 27.8 Å². The number of nitrogens with zero attached hydrogens (tertiary/aromatic N) is 3. The second-order valence-electron chi connectivity index (χ2n) is 7.11. The summed E-state index contributed by atoms with van der Waals surface area (Å²) in [6.45, 7) is 5.70. The van der Waals surface area contributed by atoms with Gasteiger partial charge in [0.15, 0.2) is 11.5 Å². The fourth-order valence-corrected chi connectivity index (χ4v) is 3.44. The number of ether oxygens (including phenoxy) is 2. The number of methoxy groups -OCH3 is 1. The Morgan fingerprint density at radius 1 is 1.03 bits per heavy atom. The minimum atomic E-state index is -0.0799. The summed E-state index contributed by atoms with van der Waals surface area (Å²) in [5.74, 6) is 1.55. The summed E-state index contributed by atoms with van der Waals surface area (Å²) in [6.07, 6.45) is 5.98. The van der Waals surface area contributed by atoms with Gasteiger partial charge in [-0.25, -0.2) is 4.98 Å². The van der Waals surface area contributed by atoms with Crippen LogP contribution in [0.15, 0.2) is 73.6 Å². The molecule has 6 nitrogen and oxygen atoms in total. The lowest BCUT2D eigenvalue weighted by Crippen LogP contribution is -2.02. The van der Waals surface area contributed by atoms with Crippen LogP contribution in [0.3, 0.4) is 0 Å². The van der Waals surface area contributed by atoms with Crippen LogP contribution in [0.2, 0.25) is 0 Å². The molecule has 0 aliphatic carbocycles. The molecule has 0 bridgehead atoms. The predicted molar refractivity (Wildman–Crippen MR) is 124 cm³/mol. The molecule has 4 rings (SSSR count). The van der Waals surface area contributed by atoms with Crippen LogP contribution < -0.4 is 9.47 Å². The van der Waals surface area contributed by atoms with E-state index in [0.29, 0.717) is 34.0 Å². The van der Waals surface area contributed by atoms with Gasteiger partial charge in [0.1, 0.15) is 17.2 Å². The number of pyridine rings is 3. The maximum absolute atomic E-state index is 12.5. The van der Waals surface area contributed by atoms with Crippen molar-refractivity contribution in [3.63, 3.8) is 0 Å². The number of fused-ring (bicyclic) bond motifs is 1. The summed E-state index contributed by atoms with van der Waals surface area (Å²) in [4.78, 5) is 26.1. The smallest absolute Gasteiger partial charge is 0.170 e. The molecule has 0 atom stereocenters. The lowest BCUT2D eigenvalue weighted by molar-refractivity contribution is 0.0993. The van der Waals surface area contributed by atoms with Gasteiger partial charge in [-0.3, -0.25) is 14.8 Å². The van der Waals surface area contributed by atoms with Crippen LogP contribution >= 0.6 is 0 Å². The fraction of sp³-hybridized carbons (Fsp3) is 0.154. The minimum Gasteiger partial charge on any atom is -0.496 e. The molecule has 0 N–H and O–H groups in total. The monoisotopic (exact) mass is 425 g/mol. The molecule has 0 spiro atoms. The Balaban J connectivity index is 1.82. The van der Waals surface area contributed by atoms with Crippen molar-refractivity contribution >= 4 is 16.7 Å². The van der Waals surface area contributed by atoms with Gasteiger partial charge in [0.2, 0.25) is 0 Å². The van der Waals surface area contributed by atoms with Gasteiger partial charge < -0.3 is 9.47 Å².